The Kier molecular flexibility index (Phi) is 11.3. The zero-order chi connectivity index (χ0) is 38.8. The Morgan fingerprint density at radius 1 is 0.778 bits per heavy atom. The third-order valence-corrected chi connectivity index (χ3v) is 10.1. The number of anilines is 1. The molecule has 3 aromatic carbocycles. The van der Waals surface area contributed by atoms with Gasteiger partial charge in [0.05, 0.1) is 19.0 Å². The van der Waals surface area contributed by atoms with Crippen molar-refractivity contribution in [3.8, 4) is 22.6 Å². The van der Waals surface area contributed by atoms with Crippen LogP contribution >= 0.6 is 0 Å². The smallest absolute Gasteiger partial charge is 0.410 e. The van der Waals surface area contributed by atoms with Crippen molar-refractivity contribution in [2.24, 2.45) is 5.92 Å². The van der Waals surface area contributed by atoms with Crippen LogP contribution in [-0.4, -0.2) is 83.2 Å². The third-order valence-electron chi connectivity index (χ3n) is 10.1. The van der Waals surface area contributed by atoms with E-state index in [1.165, 1.54) is 17.0 Å². The molecule has 0 bridgehead atoms. The molecule has 290 valence electrons. The zero-order valence-electron chi connectivity index (χ0n) is 30.5. The normalized spacial score (nSPS) is 21.8. The number of likely N-dealkylation sites (tertiary alicyclic amines) is 2. The summed E-state index contributed by atoms with van der Waals surface area (Å²) in [6.07, 6.45) is -5.00. The van der Waals surface area contributed by atoms with Crippen molar-refractivity contribution in [1.29, 1.82) is 0 Å². The summed E-state index contributed by atoms with van der Waals surface area (Å²) >= 11 is 0. The first-order chi connectivity index (χ1) is 25.5. The second-order valence-corrected chi connectivity index (χ2v) is 15.2. The van der Waals surface area contributed by atoms with Gasteiger partial charge in [-0.15, -0.1) is 0 Å². The first kappa shape index (κ1) is 38.7. The van der Waals surface area contributed by atoms with Gasteiger partial charge in [-0.3, -0.25) is 4.79 Å². The van der Waals surface area contributed by atoms with E-state index in [0.717, 1.165) is 0 Å². The van der Waals surface area contributed by atoms with Crippen molar-refractivity contribution in [1.82, 2.24) is 9.80 Å². The molecule has 2 heterocycles. The molecule has 3 amide bonds. The van der Waals surface area contributed by atoms with E-state index in [2.05, 4.69) is 5.32 Å². The molecule has 2 atom stereocenters. The Balaban J connectivity index is 1.23. The Morgan fingerprint density at radius 3 is 2.00 bits per heavy atom. The molecule has 6 rings (SSSR count). The average molecular weight is 756 g/mol. The van der Waals surface area contributed by atoms with Crippen LogP contribution in [0.2, 0.25) is 0 Å². The molecule has 0 aromatic heterocycles. The lowest BCUT2D eigenvalue weighted by Crippen LogP contribution is -2.36. The van der Waals surface area contributed by atoms with Gasteiger partial charge >= 0.3 is 18.4 Å². The SMILES string of the molecule is CC(C)(C)OC(=O)N1CCC(Oc2ccc(C(=O)Nc3ccc(OC4CCN(C(=O)O)C4)c(-c4ccc(F)cc4)c3)cc2C2CCC(C(F)(F)F)CC2)C1. The topological polar surface area (TPSA) is 118 Å². The number of rotatable bonds is 8. The number of nitrogens with one attached hydrogen (secondary N) is 1. The van der Waals surface area contributed by atoms with Crippen LogP contribution in [0.1, 0.15) is 81.1 Å². The molecule has 0 radical (unpaired) electrons. The van der Waals surface area contributed by atoms with Gasteiger partial charge in [0.25, 0.3) is 5.91 Å². The summed E-state index contributed by atoms with van der Waals surface area (Å²) in [5.41, 5.74) is 1.85. The van der Waals surface area contributed by atoms with Gasteiger partial charge in [-0.25, -0.2) is 14.0 Å². The largest absolute Gasteiger partial charge is 0.488 e. The number of carbonyl (C=O) groups is 3. The number of halogens is 4. The predicted molar refractivity (Wildman–Crippen MR) is 192 cm³/mol. The Hall–Kier alpha value is -5.01. The number of amides is 3. The van der Waals surface area contributed by atoms with Gasteiger partial charge in [-0.1, -0.05) is 12.1 Å². The second kappa shape index (κ2) is 15.8. The lowest BCUT2D eigenvalue weighted by molar-refractivity contribution is -0.182. The minimum atomic E-state index is -4.27. The minimum absolute atomic E-state index is 0.0321. The van der Waals surface area contributed by atoms with Crippen molar-refractivity contribution >= 4 is 23.8 Å². The van der Waals surface area contributed by atoms with Gasteiger partial charge in [-0.05, 0) is 112 Å². The summed E-state index contributed by atoms with van der Waals surface area (Å²) in [6, 6.07) is 15.7. The fourth-order valence-electron chi connectivity index (χ4n) is 7.29. The molecule has 14 heteroatoms. The maximum absolute atomic E-state index is 13.8. The zero-order valence-corrected chi connectivity index (χ0v) is 30.5. The Morgan fingerprint density at radius 2 is 1.39 bits per heavy atom. The number of hydrogen-bond acceptors (Lipinski definition) is 6. The van der Waals surface area contributed by atoms with E-state index in [1.54, 1.807) is 74.2 Å². The number of carboxylic acid groups (broad SMARTS) is 1. The lowest BCUT2D eigenvalue weighted by Gasteiger charge is -2.31. The molecule has 2 saturated heterocycles. The van der Waals surface area contributed by atoms with Gasteiger partial charge < -0.3 is 34.4 Å². The van der Waals surface area contributed by atoms with Crippen molar-refractivity contribution in [2.45, 2.75) is 89.2 Å². The van der Waals surface area contributed by atoms with Crippen LogP contribution < -0.4 is 14.8 Å². The summed E-state index contributed by atoms with van der Waals surface area (Å²) in [4.78, 5) is 40.7. The molecule has 2 aliphatic heterocycles. The van der Waals surface area contributed by atoms with E-state index >= 15 is 0 Å². The van der Waals surface area contributed by atoms with Gasteiger partial charge in [0, 0.05) is 42.7 Å². The minimum Gasteiger partial charge on any atom is -0.488 e. The van der Waals surface area contributed by atoms with Gasteiger partial charge in [-0.2, -0.15) is 13.2 Å². The van der Waals surface area contributed by atoms with Crippen LogP contribution in [0.4, 0.5) is 32.8 Å². The average Bonchev–Trinajstić information content (AvgIpc) is 3.79. The maximum atomic E-state index is 13.8. The quantitative estimate of drug-likeness (QED) is 0.220. The van der Waals surface area contributed by atoms with E-state index in [1.807, 2.05) is 0 Å². The number of nitrogens with zero attached hydrogens (tertiary/aromatic N) is 2. The van der Waals surface area contributed by atoms with Crippen molar-refractivity contribution in [2.75, 3.05) is 31.5 Å². The number of ether oxygens (including phenoxy) is 3. The highest BCUT2D eigenvalue weighted by molar-refractivity contribution is 6.05. The summed E-state index contributed by atoms with van der Waals surface area (Å²) in [5.74, 6) is -1.64. The molecule has 2 unspecified atom stereocenters. The number of carbonyl (C=O) groups excluding carboxylic acids is 2. The first-order valence-corrected chi connectivity index (χ1v) is 18.2. The molecule has 3 aromatic rings. The van der Waals surface area contributed by atoms with E-state index < -0.39 is 47.7 Å². The van der Waals surface area contributed by atoms with Crippen LogP contribution in [0.3, 0.4) is 0 Å². The van der Waals surface area contributed by atoms with Gasteiger partial charge in [0.15, 0.2) is 0 Å². The monoisotopic (exact) mass is 755 g/mol. The van der Waals surface area contributed by atoms with Crippen LogP contribution in [0.5, 0.6) is 11.5 Å². The molecule has 0 spiro atoms. The molecule has 54 heavy (non-hydrogen) atoms. The van der Waals surface area contributed by atoms with Crippen molar-refractivity contribution in [3.63, 3.8) is 0 Å². The fraction of sp³-hybridized carbons (Fsp3) is 0.475. The highest BCUT2D eigenvalue weighted by Crippen LogP contribution is 2.45. The Bertz CT molecular complexity index is 1840. The Labute approximate surface area is 311 Å². The molecule has 3 fully saturated rings. The van der Waals surface area contributed by atoms with E-state index in [9.17, 15) is 37.1 Å². The fourth-order valence-corrected chi connectivity index (χ4v) is 7.29. The summed E-state index contributed by atoms with van der Waals surface area (Å²) in [5, 5.41) is 12.3. The lowest BCUT2D eigenvalue weighted by atomic mass is 9.78. The van der Waals surface area contributed by atoms with E-state index in [4.69, 9.17) is 14.2 Å². The third kappa shape index (κ3) is 9.55. The molecular formula is C40H45F4N3O7. The van der Waals surface area contributed by atoms with Gasteiger partial charge in [0.2, 0.25) is 0 Å². The van der Waals surface area contributed by atoms with E-state index in [-0.39, 0.29) is 56.4 Å². The van der Waals surface area contributed by atoms with Crippen LogP contribution in [-0.2, 0) is 4.74 Å². The van der Waals surface area contributed by atoms with E-state index in [0.29, 0.717) is 59.8 Å². The molecule has 1 aliphatic carbocycles. The van der Waals surface area contributed by atoms with Gasteiger partial charge in [0.1, 0.15) is 35.1 Å². The summed E-state index contributed by atoms with van der Waals surface area (Å²) < 4.78 is 72.6. The molecular weight excluding hydrogens is 710 g/mol. The molecule has 2 N–H and O–H groups in total. The molecule has 3 aliphatic rings. The highest BCUT2D eigenvalue weighted by atomic mass is 19.4. The summed E-state index contributed by atoms with van der Waals surface area (Å²) in [7, 11) is 0. The molecule has 10 nitrogen and oxygen atoms in total. The highest BCUT2D eigenvalue weighted by Gasteiger charge is 2.42. The number of hydrogen-bond donors (Lipinski definition) is 2. The number of benzene rings is 3. The molecule has 1 saturated carbocycles. The van der Waals surface area contributed by atoms with Crippen LogP contribution in [0.15, 0.2) is 60.7 Å². The predicted octanol–water partition coefficient (Wildman–Crippen LogP) is 9.10. The summed E-state index contributed by atoms with van der Waals surface area (Å²) in [6.45, 7) is 6.60. The first-order valence-electron chi connectivity index (χ1n) is 18.2. The van der Waals surface area contributed by atoms with Crippen LogP contribution in [0, 0.1) is 11.7 Å². The second-order valence-electron chi connectivity index (χ2n) is 15.2. The standard InChI is InChI=1S/C40H45F4N3O7/c1-39(2,3)54-38(51)47-19-17-31(23-47)53-34-14-8-26(20-32(34)24-4-9-27(10-5-24)40(42,43)44)36(48)45-29-13-15-35(52-30-16-18-46(22-30)37(49)50)33(21-29)25-6-11-28(41)12-7-25/h6-8,11-15,20-21,24,27,30-31H,4-5,9-10,16-19,22-23H2,1-3H3,(H,45,48)(H,49,50). The maximum Gasteiger partial charge on any atom is 0.410 e. The van der Waals surface area contributed by atoms with Crippen molar-refractivity contribution in [3.05, 3.63) is 77.6 Å². The van der Waals surface area contributed by atoms with Crippen LogP contribution in [0.25, 0.3) is 11.1 Å². The number of alkyl halides is 3. The van der Waals surface area contributed by atoms with Crippen molar-refractivity contribution < 1.29 is 51.3 Å².